The molecule has 190 valence electrons. The van der Waals surface area contributed by atoms with Crippen LogP contribution < -0.4 is 4.90 Å². The van der Waals surface area contributed by atoms with Crippen LogP contribution in [0.4, 0.5) is 10.5 Å². The highest BCUT2D eigenvalue weighted by Gasteiger charge is 2.57. The van der Waals surface area contributed by atoms with E-state index in [4.69, 9.17) is 18.9 Å². The van der Waals surface area contributed by atoms with Crippen molar-refractivity contribution < 1.29 is 28.5 Å². The summed E-state index contributed by atoms with van der Waals surface area (Å²) in [5.41, 5.74) is 3.80. The summed E-state index contributed by atoms with van der Waals surface area (Å²) in [5, 5.41) is 0. The summed E-state index contributed by atoms with van der Waals surface area (Å²) in [6.07, 6.45) is -0.962. The van der Waals surface area contributed by atoms with Gasteiger partial charge in [-0.15, -0.1) is 0 Å². The van der Waals surface area contributed by atoms with Crippen LogP contribution in [-0.4, -0.2) is 48.8 Å². The number of likely N-dealkylation sites (tertiary alicyclic amines) is 1. The van der Waals surface area contributed by atoms with Gasteiger partial charge < -0.3 is 23.8 Å². The zero-order valence-electron chi connectivity index (χ0n) is 20.3. The number of nitrogens with zero attached hydrogens (tertiary/aromatic N) is 2. The summed E-state index contributed by atoms with van der Waals surface area (Å²) >= 11 is 0. The van der Waals surface area contributed by atoms with E-state index >= 15 is 0 Å². The molecule has 2 saturated heterocycles. The van der Waals surface area contributed by atoms with Crippen molar-refractivity contribution in [2.24, 2.45) is 0 Å². The molecular weight excluding hydrogens is 472 g/mol. The van der Waals surface area contributed by atoms with E-state index in [9.17, 15) is 9.59 Å². The van der Waals surface area contributed by atoms with Crippen LogP contribution in [0.15, 0.2) is 84.9 Å². The molecule has 8 nitrogen and oxygen atoms in total. The predicted octanol–water partition coefficient (Wildman–Crippen LogP) is 4.40. The van der Waals surface area contributed by atoms with Gasteiger partial charge in [0.2, 0.25) is 0 Å². The molecule has 3 aliphatic rings. The molecule has 0 saturated carbocycles. The third kappa shape index (κ3) is 4.54. The largest absolute Gasteiger partial charge is 0.459 e. The van der Waals surface area contributed by atoms with Gasteiger partial charge in [-0.3, -0.25) is 4.90 Å². The van der Waals surface area contributed by atoms with E-state index in [2.05, 4.69) is 4.90 Å². The SMILES string of the molecule is O=C(OCc1ccccc1)[C@@H]1C[C@@H]2c3ccccc3N(C3COCO3)[C@@H]2N1C(=O)OCc1ccccc1. The molecule has 1 unspecified atom stereocenters. The number of benzene rings is 3. The molecule has 3 aromatic rings. The van der Waals surface area contributed by atoms with E-state index in [1.807, 2.05) is 84.9 Å². The Kier molecular flexibility index (Phi) is 6.51. The molecule has 0 bridgehead atoms. The Morgan fingerprint density at radius 3 is 2.16 bits per heavy atom. The maximum atomic E-state index is 13.7. The Hall–Kier alpha value is -3.88. The van der Waals surface area contributed by atoms with Crippen LogP contribution in [0.2, 0.25) is 0 Å². The molecule has 3 aliphatic heterocycles. The predicted molar refractivity (Wildman–Crippen MR) is 134 cm³/mol. The van der Waals surface area contributed by atoms with Crippen molar-refractivity contribution in [1.29, 1.82) is 0 Å². The molecule has 0 aromatic heterocycles. The van der Waals surface area contributed by atoms with E-state index in [1.165, 1.54) is 0 Å². The summed E-state index contributed by atoms with van der Waals surface area (Å²) in [5.74, 6) is -0.546. The van der Waals surface area contributed by atoms with E-state index in [1.54, 1.807) is 4.90 Å². The molecule has 0 N–H and O–H groups in total. The third-order valence-electron chi connectivity index (χ3n) is 7.18. The molecule has 6 rings (SSSR count). The normalized spacial score (nSPS) is 24.0. The topological polar surface area (TPSA) is 77.5 Å². The third-order valence-corrected chi connectivity index (χ3v) is 7.18. The number of hydrogen-bond donors (Lipinski definition) is 0. The van der Waals surface area contributed by atoms with Gasteiger partial charge in [0.25, 0.3) is 0 Å². The fourth-order valence-electron chi connectivity index (χ4n) is 5.52. The number of rotatable bonds is 6. The van der Waals surface area contributed by atoms with Crippen molar-refractivity contribution in [2.45, 2.75) is 44.0 Å². The lowest BCUT2D eigenvalue weighted by Crippen LogP contribution is -2.55. The highest BCUT2D eigenvalue weighted by atomic mass is 16.7. The van der Waals surface area contributed by atoms with Crippen molar-refractivity contribution in [3.8, 4) is 0 Å². The van der Waals surface area contributed by atoms with Crippen molar-refractivity contribution in [2.75, 3.05) is 18.3 Å². The minimum atomic E-state index is -0.792. The first-order chi connectivity index (χ1) is 18.2. The van der Waals surface area contributed by atoms with Gasteiger partial charge in [0, 0.05) is 11.6 Å². The first-order valence-corrected chi connectivity index (χ1v) is 12.5. The lowest BCUT2D eigenvalue weighted by molar-refractivity contribution is -0.150. The highest BCUT2D eigenvalue weighted by Crippen LogP contribution is 2.51. The summed E-state index contributed by atoms with van der Waals surface area (Å²) in [4.78, 5) is 30.7. The second kappa shape index (κ2) is 10.2. The summed E-state index contributed by atoms with van der Waals surface area (Å²) in [6, 6.07) is 26.2. The standard InChI is InChI=1S/C29H28N2O6/c32-28(35-16-20-9-3-1-4-10-20)25-15-23-22-13-7-8-14-24(22)30(26-18-34-19-37-26)27(23)31(25)29(33)36-17-21-11-5-2-6-12-21/h1-14,23,25-27H,15-19H2/t23-,25+,26?,27-/m1/s1. The zero-order valence-corrected chi connectivity index (χ0v) is 20.3. The number of fused-ring (bicyclic) bond motifs is 3. The summed E-state index contributed by atoms with van der Waals surface area (Å²) < 4.78 is 22.8. The number of amides is 1. The van der Waals surface area contributed by atoms with E-state index in [0.717, 1.165) is 22.4 Å². The molecule has 4 atom stereocenters. The number of hydrogen-bond acceptors (Lipinski definition) is 7. The fraction of sp³-hybridized carbons (Fsp3) is 0.310. The zero-order chi connectivity index (χ0) is 25.2. The quantitative estimate of drug-likeness (QED) is 0.464. The smallest absolute Gasteiger partial charge is 0.412 e. The summed E-state index contributed by atoms with van der Waals surface area (Å²) in [7, 11) is 0. The van der Waals surface area contributed by atoms with Gasteiger partial charge in [-0.25, -0.2) is 9.59 Å². The Balaban J connectivity index is 1.30. The minimum absolute atomic E-state index is 0.0982. The molecule has 2 fully saturated rings. The van der Waals surface area contributed by atoms with Gasteiger partial charge in [-0.05, 0) is 29.2 Å². The van der Waals surface area contributed by atoms with Crippen LogP contribution in [0, 0.1) is 0 Å². The molecule has 8 heteroatoms. The van der Waals surface area contributed by atoms with Crippen molar-refractivity contribution in [1.82, 2.24) is 4.90 Å². The van der Waals surface area contributed by atoms with Gasteiger partial charge in [0.1, 0.15) is 32.2 Å². The lowest BCUT2D eigenvalue weighted by atomic mass is 9.96. The second-order valence-electron chi connectivity index (χ2n) is 9.39. The molecule has 37 heavy (non-hydrogen) atoms. The Labute approximate surface area is 215 Å². The average molecular weight is 501 g/mol. The van der Waals surface area contributed by atoms with Crippen molar-refractivity contribution in [3.63, 3.8) is 0 Å². The van der Waals surface area contributed by atoms with Crippen LogP contribution in [0.1, 0.15) is 29.0 Å². The maximum Gasteiger partial charge on any atom is 0.412 e. The number of para-hydroxylation sites is 1. The molecule has 0 spiro atoms. The molecular formula is C29H28N2O6. The molecule has 3 aromatic carbocycles. The van der Waals surface area contributed by atoms with E-state index < -0.39 is 24.3 Å². The monoisotopic (exact) mass is 500 g/mol. The minimum Gasteiger partial charge on any atom is -0.459 e. The second-order valence-corrected chi connectivity index (χ2v) is 9.39. The Morgan fingerprint density at radius 1 is 0.838 bits per heavy atom. The lowest BCUT2D eigenvalue weighted by Gasteiger charge is -2.37. The van der Waals surface area contributed by atoms with Gasteiger partial charge in [0.15, 0.2) is 6.23 Å². The van der Waals surface area contributed by atoms with Gasteiger partial charge in [-0.1, -0.05) is 78.9 Å². The highest BCUT2D eigenvalue weighted by molar-refractivity contribution is 5.84. The van der Waals surface area contributed by atoms with Crippen LogP contribution in [0.25, 0.3) is 0 Å². The fourth-order valence-corrected chi connectivity index (χ4v) is 5.52. The van der Waals surface area contributed by atoms with Crippen molar-refractivity contribution in [3.05, 3.63) is 102 Å². The van der Waals surface area contributed by atoms with Gasteiger partial charge in [-0.2, -0.15) is 0 Å². The van der Waals surface area contributed by atoms with Crippen LogP contribution in [0.5, 0.6) is 0 Å². The number of esters is 1. The van der Waals surface area contributed by atoms with Crippen LogP contribution >= 0.6 is 0 Å². The number of anilines is 1. The van der Waals surface area contributed by atoms with Gasteiger partial charge >= 0.3 is 12.1 Å². The average Bonchev–Trinajstić information content (AvgIpc) is 3.67. The molecule has 3 heterocycles. The number of carbonyl (C=O) groups is 2. The van der Waals surface area contributed by atoms with Crippen molar-refractivity contribution >= 4 is 17.7 Å². The first-order valence-electron chi connectivity index (χ1n) is 12.5. The number of carbonyl (C=O) groups excluding carboxylic acids is 2. The molecule has 0 aliphatic carbocycles. The van der Waals surface area contributed by atoms with E-state index in [-0.39, 0.29) is 32.2 Å². The first kappa shape index (κ1) is 23.5. The molecule has 0 radical (unpaired) electrons. The summed E-state index contributed by atoms with van der Waals surface area (Å²) in [6.45, 7) is 0.795. The maximum absolute atomic E-state index is 13.7. The van der Waals surface area contributed by atoms with Gasteiger partial charge in [0.05, 0.1) is 6.61 Å². The van der Waals surface area contributed by atoms with Crippen LogP contribution in [-0.2, 0) is 37.0 Å². The molecule has 1 amide bonds. The van der Waals surface area contributed by atoms with E-state index in [0.29, 0.717) is 13.0 Å². The Morgan fingerprint density at radius 2 is 1.49 bits per heavy atom. The number of ether oxygens (including phenoxy) is 4. The Bertz CT molecular complexity index is 1250. The van der Waals surface area contributed by atoms with Crippen LogP contribution in [0.3, 0.4) is 0 Å².